The van der Waals surface area contributed by atoms with Crippen molar-refractivity contribution in [1.29, 1.82) is 0 Å². The van der Waals surface area contributed by atoms with Crippen molar-refractivity contribution in [3.05, 3.63) is 51.8 Å². The van der Waals surface area contributed by atoms with Gasteiger partial charge >= 0.3 is 0 Å². The topological polar surface area (TPSA) is 135 Å². The Morgan fingerprint density at radius 3 is 2.55 bits per heavy atom. The van der Waals surface area contributed by atoms with Crippen LogP contribution in [0.3, 0.4) is 0 Å². The molecular weight excluding hydrogens is 468 g/mol. The number of sulfonamides is 1. The molecular formula is C21H22N4O6S2. The number of ether oxygens (including phenoxy) is 2. The van der Waals surface area contributed by atoms with Crippen molar-refractivity contribution in [2.24, 2.45) is 0 Å². The quantitative estimate of drug-likeness (QED) is 0.383. The number of hydrogen-bond donors (Lipinski definition) is 2. The van der Waals surface area contributed by atoms with E-state index in [4.69, 9.17) is 9.47 Å². The number of aliphatic hydroxyl groups is 1. The molecule has 2 N–H and O–H groups in total. The summed E-state index contributed by atoms with van der Waals surface area (Å²) in [5, 5.41) is 10.2. The molecule has 12 heteroatoms. The minimum atomic E-state index is -4.10. The molecule has 33 heavy (non-hydrogen) atoms. The highest BCUT2D eigenvalue weighted by atomic mass is 32.2. The Bertz CT molecular complexity index is 1500. The maximum atomic E-state index is 13.6. The van der Waals surface area contributed by atoms with E-state index in [1.54, 1.807) is 37.3 Å². The number of nitrogens with one attached hydrogen (secondary N) is 1. The Morgan fingerprint density at radius 1 is 1.12 bits per heavy atom. The Morgan fingerprint density at radius 2 is 1.85 bits per heavy atom. The normalized spacial score (nSPS) is 12.0. The molecule has 0 saturated carbocycles. The number of benzene rings is 2. The summed E-state index contributed by atoms with van der Waals surface area (Å²) in [5.74, 6) is 0.930. The lowest BCUT2D eigenvalue weighted by Crippen LogP contribution is -2.35. The van der Waals surface area contributed by atoms with Crippen LogP contribution in [-0.4, -0.2) is 58.9 Å². The number of nitrogens with zero attached hydrogens (tertiary/aromatic N) is 3. The van der Waals surface area contributed by atoms with Gasteiger partial charge in [0, 0.05) is 30.1 Å². The average molecular weight is 491 g/mol. The molecule has 0 aliphatic carbocycles. The van der Waals surface area contributed by atoms with Crippen LogP contribution in [0.4, 0.5) is 0 Å². The minimum Gasteiger partial charge on any atom is -0.493 e. The number of methoxy groups -OCH3 is 2. The van der Waals surface area contributed by atoms with Crippen molar-refractivity contribution in [2.45, 2.75) is 18.4 Å². The first-order chi connectivity index (χ1) is 15.8. The molecule has 0 fully saturated rings. The van der Waals surface area contributed by atoms with Crippen LogP contribution >= 0.6 is 11.7 Å². The van der Waals surface area contributed by atoms with Gasteiger partial charge in [-0.25, -0.2) is 8.42 Å². The SMILES string of the molecule is COc1cc2cc(CN(CCO)S(=O)(=O)c3c(C)ccc4nsnc34)c(=O)[nH]c2cc1OC. The van der Waals surface area contributed by atoms with E-state index >= 15 is 0 Å². The smallest absolute Gasteiger partial charge is 0.252 e. The van der Waals surface area contributed by atoms with Crippen LogP contribution in [-0.2, 0) is 16.6 Å². The first-order valence-corrected chi connectivity index (χ1v) is 12.1. The second-order valence-corrected chi connectivity index (χ2v) is 9.73. The van der Waals surface area contributed by atoms with E-state index in [0.717, 1.165) is 16.0 Å². The number of aromatic amines is 1. The molecule has 0 aliphatic rings. The van der Waals surface area contributed by atoms with Crippen LogP contribution in [0.2, 0.25) is 0 Å². The van der Waals surface area contributed by atoms with Gasteiger partial charge in [-0.1, -0.05) is 6.07 Å². The van der Waals surface area contributed by atoms with E-state index < -0.39 is 22.2 Å². The molecule has 0 amide bonds. The summed E-state index contributed by atoms with van der Waals surface area (Å²) in [6, 6.07) is 8.31. The zero-order valence-corrected chi connectivity index (χ0v) is 19.8. The van der Waals surface area contributed by atoms with Crippen LogP contribution < -0.4 is 15.0 Å². The lowest BCUT2D eigenvalue weighted by atomic mass is 10.1. The fourth-order valence-corrected chi connectivity index (χ4v) is 6.02. The minimum absolute atomic E-state index is 0.0193. The van der Waals surface area contributed by atoms with Crippen LogP contribution in [0.25, 0.3) is 21.9 Å². The van der Waals surface area contributed by atoms with Crippen LogP contribution in [0.5, 0.6) is 11.5 Å². The van der Waals surface area contributed by atoms with E-state index in [9.17, 15) is 18.3 Å². The van der Waals surface area contributed by atoms with E-state index in [-0.39, 0.29) is 29.1 Å². The molecule has 10 nitrogen and oxygen atoms in total. The van der Waals surface area contributed by atoms with Gasteiger partial charge in [-0.15, -0.1) is 0 Å². The summed E-state index contributed by atoms with van der Waals surface area (Å²) in [7, 11) is -1.11. The van der Waals surface area contributed by atoms with Crippen molar-refractivity contribution in [2.75, 3.05) is 27.4 Å². The first-order valence-electron chi connectivity index (χ1n) is 9.91. The predicted molar refractivity (Wildman–Crippen MR) is 125 cm³/mol. The molecule has 0 spiro atoms. The van der Waals surface area contributed by atoms with E-state index in [0.29, 0.717) is 33.5 Å². The van der Waals surface area contributed by atoms with E-state index in [1.807, 2.05) is 0 Å². The number of H-pyrrole nitrogens is 1. The number of fused-ring (bicyclic) bond motifs is 2. The van der Waals surface area contributed by atoms with Gasteiger partial charge in [0.15, 0.2) is 11.5 Å². The number of aromatic nitrogens is 3. The summed E-state index contributed by atoms with van der Waals surface area (Å²) >= 11 is 0.922. The highest BCUT2D eigenvalue weighted by Crippen LogP contribution is 2.32. The standard InChI is InChI=1S/C21H22N4O6S2/c1-12-4-5-15-19(24-32-23-15)20(12)33(28,29)25(6-7-26)11-14-8-13-9-17(30-2)18(31-3)10-16(13)22-21(14)27/h4-5,8-10,26H,6-7,11H2,1-3H3,(H,22,27). The number of hydrogen-bond acceptors (Lipinski definition) is 9. The average Bonchev–Trinajstić information content (AvgIpc) is 3.26. The van der Waals surface area contributed by atoms with Gasteiger partial charge in [-0.05, 0) is 30.7 Å². The monoisotopic (exact) mass is 490 g/mol. The molecule has 0 unspecified atom stereocenters. The van der Waals surface area contributed by atoms with Crippen molar-refractivity contribution in [3.63, 3.8) is 0 Å². The molecule has 0 radical (unpaired) electrons. The molecule has 174 valence electrons. The van der Waals surface area contributed by atoms with Gasteiger partial charge in [0.2, 0.25) is 10.0 Å². The van der Waals surface area contributed by atoms with Crippen molar-refractivity contribution in [3.8, 4) is 11.5 Å². The zero-order chi connectivity index (χ0) is 23.8. The van der Waals surface area contributed by atoms with Gasteiger partial charge in [-0.3, -0.25) is 4.79 Å². The predicted octanol–water partition coefficient (Wildman–Crippen LogP) is 2.04. The summed E-state index contributed by atoms with van der Waals surface area (Å²) in [4.78, 5) is 15.6. The maximum Gasteiger partial charge on any atom is 0.252 e. The fraction of sp³-hybridized carbons (Fsp3) is 0.286. The molecule has 4 rings (SSSR count). The van der Waals surface area contributed by atoms with Crippen LogP contribution in [0, 0.1) is 6.92 Å². The highest BCUT2D eigenvalue weighted by Gasteiger charge is 2.30. The van der Waals surface area contributed by atoms with Crippen molar-refractivity contribution in [1.82, 2.24) is 18.0 Å². The van der Waals surface area contributed by atoms with Gasteiger partial charge in [0.25, 0.3) is 5.56 Å². The molecule has 0 aliphatic heterocycles. The van der Waals surface area contributed by atoms with Gasteiger partial charge in [-0.2, -0.15) is 13.1 Å². The second-order valence-electron chi connectivity index (χ2n) is 7.32. The highest BCUT2D eigenvalue weighted by molar-refractivity contribution is 7.89. The van der Waals surface area contributed by atoms with Crippen molar-refractivity contribution >= 4 is 43.7 Å². The number of aliphatic hydroxyl groups excluding tert-OH is 1. The molecule has 2 aromatic heterocycles. The van der Waals surface area contributed by atoms with E-state index in [1.165, 1.54) is 14.2 Å². The molecule has 2 heterocycles. The molecule has 4 aromatic rings. The van der Waals surface area contributed by atoms with Crippen molar-refractivity contribution < 1.29 is 23.0 Å². The third-order valence-corrected chi connectivity index (χ3v) is 7.86. The van der Waals surface area contributed by atoms with Crippen LogP contribution in [0.1, 0.15) is 11.1 Å². The Kier molecular flexibility index (Phi) is 6.34. The van der Waals surface area contributed by atoms with Crippen LogP contribution in [0.15, 0.2) is 40.0 Å². The number of rotatable bonds is 8. The fourth-order valence-electron chi connectivity index (χ4n) is 3.66. The zero-order valence-electron chi connectivity index (χ0n) is 18.2. The van der Waals surface area contributed by atoms with Gasteiger partial charge < -0.3 is 19.6 Å². The number of pyridine rings is 1. The lowest BCUT2D eigenvalue weighted by Gasteiger charge is -2.22. The summed E-state index contributed by atoms with van der Waals surface area (Å²) in [5.41, 5.74) is 1.53. The lowest BCUT2D eigenvalue weighted by molar-refractivity contribution is 0.251. The molecule has 0 bridgehead atoms. The third kappa shape index (κ3) is 4.17. The second kappa shape index (κ2) is 9.06. The Balaban J connectivity index is 1.81. The summed E-state index contributed by atoms with van der Waals surface area (Å²) in [6.45, 7) is 0.820. The first kappa shape index (κ1) is 23.1. The van der Waals surface area contributed by atoms with Gasteiger partial charge in [0.1, 0.15) is 15.9 Å². The summed E-state index contributed by atoms with van der Waals surface area (Å²) in [6.07, 6.45) is 0. The number of aryl methyl sites for hydroxylation is 1. The maximum absolute atomic E-state index is 13.6. The Labute approximate surface area is 193 Å². The third-order valence-electron chi connectivity index (χ3n) is 5.30. The molecule has 0 atom stereocenters. The van der Waals surface area contributed by atoms with Gasteiger partial charge in [0.05, 0.1) is 38.1 Å². The largest absolute Gasteiger partial charge is 0.493 e. The summed E-state index contributed by atoms with van der Waals surface area (Å²) < 4.78 is 47.2. The Hall–Kier alpha value is -3.06. The molecule has 2 aromatic carbocycles. The van der Waals surface area contributed by atoms with E-state index in [2.05, 4.69) is 13.7 Å². The molecule has 0 saturated heterocycles.